The number of rotatable bonds is 4. The van der Waals surface area contributed by atoms with E-state index in [0.717, 1.165) is 43.9 Å². The zero-order valence-corrected chi connectivity index (χ0v) is 16.6. The fourth-order valence-electron chi connectivity index (χ4n) is 3.48. The van der Waals surface area contributed by atoms with E-state index >= 15 is 0 Å². The van der Waals surface area contributed by atoms with Crippen molar-refractivity contribution < 1.29 is 18.0 Å². The molecule has 2 aromatic rings. The maximum atomic E-state index is 12.7. The van der Waals surface area contributed by atoms with Crippen LogP contribution < -0.4 is 10.2 Å². The second-order valence-corrected chi connectivity index (χ2v) is 7.28. The van der Waals surface area contributed by atoms with Gasteiger partial charge in [0.1, 0.15) is 0 Å². The highest BCUT2D eigenvalue weighted by atomic mass is 19.4. The van der Waals surface area contributed by atoms with Crippen LogP contribution in [0, 0.1) is 11.3 Å². The van der Waals surface area contributed by atoms with Crippen LogP contribution in [-0.2, 0) is 11.0 Å². The third kappa shape index (κ3) is 5.30. The molecule has 158 valence electrons. The maximum Gasteiger partial charge on any atom is 0.416 e. The Kier molecular flexibility index (Phi) is 6.63. The average Bonchev–Trinajstić information content (AvgIpc) is 2.99. The summed E-state index contributed by atoms with van der Waals surface area (Å²) in [5.74, 6) is -0.249. The monoisotopic (exact) mass is 416 g/mol. The lowest BCUT2D eigenvalue weighted by Crippen LogP contribution is -2.43. The van der Waals surface area contributed by atoms with Gasteiger partial charge in [-0.25, -0.2) is 0 Å². The van der Waals surface area contributed by atoms with Gasteiger partial charge >= 0.3 is 6.18 Å². The topological polar surface area (TPSA) is 59.4 Å². The van der Waals surface area contributed by atoms with Crippen molar-refractivity contribution in [3.05, 3.63) is 59.7 Å². The lowest BCUT2D eigenvalue weighted by molar-refractivity contribution is -0.137. The molecule has 0 radical (unpaired) electrons. The van der Waals surface area contributed by atoms with E-state index < -0.39 is 17.8 Å². The Morgan fingerprint density at radius 2 is 1.70 bits per heavy atom. The predicted octanol–water partition coefficient (Wildman–Crippen LogP) is 4.12. The van der Waals surface area contributed by atoms with E-state index in [1.54, 1.807) is 19.1 Å². The Balaban J connectivity index is 1.57. The number of hydrogen-bond donors (Lipinski definition) is 1. The largest absolute Gasteiger partial charge is 0.416 e. The zero-order valence-electron chi connectivity index (χ0n) is 16.6. The van der Waals surface area contributed by atoms with Gasteiger partial charge in [0, 0.05) is 37.6 Å². The number of nitrogens with one attached hydrogen (secondary N) is 1. The first-order valence-corrected chi connectivity index (χ1v) is 9.75. The smallest absolute Gasteiger partial charge is 0.370 e. The van der Waals surface area contributed by atoms with Crippen molar-refractivity contribution in [1.82, 2.24) is 4.90 Å². The lowest BCUT2D eigenvalue weighted by Gasteiger charge is -2.27. The van der Waals surface area contributed by atoms with E-state index in [1.165, 1.54) is 12.1 Å². The van der Waals surface area contributed by atoms with Gasteiger partial charge in [0.05, 0.1) is 23.2 Å². The molecule has 2 aromatic carbocycles. The van der Waals surface area contributed by atoms with E-state index in [4.69, 9.17) is 5.26 Å². The van der Waals surface area contributed by atoms with Gasteiger partial charge in [0.15, 0.2) is 0 Å². The van der Waals surface area contributed by atoms with Gasteiger partial charge in [-0.2, -0.15) is 18.4 Å². The van der Waals surface area contributed by atoms with E-state index in [0.29, 0.717) is 17.8 Å². The maximum absolute atomic E-state index is 12.7. The molecule has 1 heterocycles. The number of benzene rings is 2. The van der Waals surface area contributed by atoms with Gasteiger partial charge in [-0.05, 0) is 61.9 Å². The minimum absolute atomic E-state index is 0.249. The Morgan fingerprint density at radius 1 is 1.03 bits per heavy atom. The molecule has 1 saturated heterocycles. The van der Waals surface area contributed by atoms with Gasteiger partial charge in [0.25, 0.3) is 0 Å². The molecule has 1 atom stereocenters. The summed E-state index contributed by atoms with van der Waals surface area (Å²) in [7, 11) is 0. The van der Waals surface area contributed by atoms with E-state index in [1.807, 2.05) is 12.1 Å². The molecule has 3 rings (SSSR count). The predicted molar refractivity (Wildman–Crippen MR) is 109 cm³/mol. The van der Waals surface area contributed by atoms with Crippen molar-refractivity contribution in [1.29, 1.82) is 5.26 Å². The number of alkyl halides is 3. The van der Waals surface area contributed by atoms with Crippen LogP contribution in [0.15, 0.2) is 48.5 Å². The number of nitrogens with zero attached hydrogens (tertiary/aromatic N) is 3. The molecule has 1 N–H and O–H groups in total. The van der Waals surface area contributed by atoms with Crippen molar-refractivity contribution in [3.8, 4) is 6.07 Å². The normalized spacial score (nSPS) is 16.4. The third-order valence-corrected chi connectivity index (χ3v) is 5.30. The summed E-state index contributed by atoms with van der Waals surface area (Å²) in [5.41, 5.74) is 1.25. The van der Waals surface area contributed by atoms with Crippen LogP contribution in [0.4, 0.5) is 24.5 Å². The highest BCUT2D eigenvalue weighted by Crippen LogP contribution is 2.29. The average molecular weight is 416 g/mol. The van der Waals surface area contributed by atoms with Crippen LogP contribution in [0.2, 0.25) is 0 Å². The number of carbonyl (C=O) groups is 1. The molecule has 0 saturated carbocycles. The van der Waals surface area contributed by atoms with Crippen LogP contribution in [0.1, 0.15) is 24.5 Å². The summed E-state index contributed by atoms with van der Waals surface area (Å²) in [4.78, 5) is 16.9. The number of carbonyl (C=O) groups excluding carboxylic acids is 1. The van der Waals surface area contributed by atoms with Crippen molar-refractivity contribution in [2.45, 2.75) is 25.6 Å². The van der Waals surface area contributed by atoms with Crippen LogP contribution >= 0.6 is 0 Å². The first-order chi connectivity index (χ1) is 14.3. The molecule has 0 aliphatic carbocycles. The number of nitriles is 1. The lowest BCUT2D eigenvalue weighted by atomic mass is 10.2. The highest BCUT2D eigenvalue weighted by molar-refractivity contribution is 5.94. The van der Waals surface area contributed by atoms with Gasteiger partial charge in [-0.1, -0.05) is 0 Å². The Hall–Kier alpha value is -3.05. The molecule has 30 heavy (non-hydrogen) atoms. The molecule has 1 unspecified atom stereocenters. The summed E-state index contributed by atoms with van der Waals surface area (Å²) in [6, 6.07) is 13.6. The van der Waals surface area contributed by atoms with Crippen LogP contribution in [-0.4, -0.2) is 43.0 Å². The van der Waals surface area contributed by atoms with E-state index in [9.17, 15) is 18.0 Å². The summed E-state index contributed by atoms with van der Waals surface area (Å²) < 4.78 is 38.0. The molecule has 1 amide bonds. The fraction of sp³-hybridized carbons (Fsp3) is 0.364. The van der Waals surface area contributed by atoms with Gasteiger partial charge < -0.3 is 10.2 Å². The quantitative estimate of drug-likeness (QED) is 0.815. The van der Waals surface area contributed by atoms with Crippen molar-refractivity contribution in [2.75, 3.05) is 36.4 Å². The van der Waals surface area contributed by atoms with Crippen LogP contribution in [0.5, 0.6) is 0 Å². The van der Waals surface area contributed by atoms with Crippen molar-refractivity contribution >= 4 is 17.3 Å². The van der Waals surface area contributed by atoms with E-state index in [-0.39, 0.29) is 5.91 Å². The molecular formula is C22H23F3N4O. The van der Waals surface area contributed by atoms with Gasteiger partial charge in [-0.3, -0.25) is 9.69 Å². The molecule has 1 aliphatic rings. The standard InChI is InChI=1S/C22H23F3N4O/c1-16(21(30)27-19-7-5-18(6-8-19)22(23,24)25)28-11-2-12-29(14-13-28)20-9-3-17(15-26)4-10-20/h3-10,16H,2,11-14H2,1H3,(H,27,30). The minimum atomic E-state index is -4.40. The van der Waals surface area contributed by atoms with Crippen LogP contribution in [0.25, 0.3) is 0 Å². The molecule has 5 nitrogen and oxygen atoms in total. The first-order valence-electron chi connectivity index (χ1n) is 9.75. The molecule has 0 aromatic heterocycles. The Bertz CT molecular complexity index is 904. The van der Waals surface area contributed by atoms with E-state index in [2.05, 4.69) is 21.2 Å². The van der Waals surface area contributed by atoms with Crippen LogP contribution in [0.3, 0.4) is 0 Å². The molecule has 1 fully saturated rings. The zero-order chi connectivity index (χ0) is 21.7. The summed E-state index contributed by atoms with van der Waals surface area (Å²) in [5, 5.41) is 11.6. The number of hydrogen-bond acceptors (Lipinski definition) is 4. The molecule has 1 aliphatic heterocycles. The molecule has 0 bridgehead atoms. The van der Waals surface area contributed by atoms with Gasteiger partial charge in [-0.15, -0.1) is 0 Å². The Labute approximate surface area is 173 Å². The molecular weight excluding hydrogens is 393 g/mol. The minimum Gasteiger partial charge on any atom is -0.370 e. The highest BCUT2D eigenvalue weighted by Gasteiger charge is 2.30. The second-order valence-electron chi connectivity index (χ2n) is 7.28. The molecule has 8 heteroatoms. The first kappa shape index (κ1) is 21.7. The number of halogens is 3. The third-order valence-electron chi connectivity index (χ3n) is 5.30. The second kappa shape index (κ2) is 9.18. The summed E-state index contributed by atoms with van der Waals surface area (Å²) in [6.07, 6.45) is -3.53. The number of amides is 1. The fourth-order valence-corrected chi connectivity index (χ4v) is 3.48. The molecule has 0 spiro atoms. The SMILES string of the molecule is CC(C(=O)Nc1ccc(C(F)(F)F)cc1)N1CCCN(c2ccc(C#N)cc2)CC1. The summed E-state index contributed by atoms with van der Waals surface area (Å²) in [6.45, 7) is 4.81. The number of anilines is 2. The van der Waals surface area contributed by atoms with Gasteiger partial charge in [0.2, 0.25) is 5.91 Å². The van der Waals surface area contributed by atoms with Crippen molar-refractivity contribution in [3.63, 3.8) is 0 Å². The summed E-state index contributed by atoms with van der Waals surface area (Å²) >= 11 is 0. The van der Waals surface area contributed by atoms with Crippen molar-refractivity contribution in [2.24, 2.45) is 0 Å². The Morgan fingerprint density at radius 3 is 2.30 bits per heavy atom.